The number of benzene rings is 1. The molecule has 0 unspecified atom stereocenters. The summed E-state index contributed by atoms with van der Waals surface area (Å²) in [6.07, 6.45) is 4.40. The molecule has 130 valence electrons. The molecule has 8 heteroatoms. The van der Waals surface area contributed by atoms with Crippen LogP contribution in [0, 0.1) is 23.3 Å². The lowest BCUT2D eigenvalue weighted by atomic mass is 10.1. The predicted molar refractivity (Wildman–Crippen MR) is 73.5 cm³/mol. The van der Waals surface area contributed by atoms with Crippen LogP contribution in [0.25, 0.3) is 0 Å². The minimum absolute atomic E-state index is 0.130. The number of aliphatic hydroxyl groups is 1. The van der Waals surface area contributed by atoms with Gasteiger partial charge < -0.3 is 14.9 Å². The van der Waals surface area contributed by atoms with Crippen molar-refractivity contribution in [3.63, 3.8) is 0 Å². The van der Waals surface area contributed by atoms with Gasteiger partial charge in [-0.2, -0.15) is 8.78 Å². The highest BCUT2D eigenvalue weighted by molar-refractivity contribution is 5.88. The molecule has 23 heavy (non-hydrogen) atoms. The van der Waals surface area contributed by atoms with Crippen LogP contribution in [0.1, 0.15) is 48.9 Å². The number of carbonyl (C=O) groups is 1. The molecule has 0 aliphatic rings. The maximum atomic E-state index is 13.6. The minimum Gasteiger partial charge on any atom is -0.487 e. The van der Waals surface area contributed by atoms with Gasteiger partial charge in [-0.25, -0.2) is 13.6 Å². The monoisotopic (exact) mass is 338 g/mol. The normalized spacial score (nSPS) is 10.8. The number of hydrogen-bond donors (Lipinski definition) is 2. The van der Waals surface area contributed by atoms with Crippen LogP contribution in [0.4, 0.5) is 17.6 Å². The quantitative estimate of drug-likeness (QED) is 0.388. The smallest absolute Gasteiger partial charge is 0.341 e. The van der Waals surface area contributed by atoms with Gasteiger partial charge in [0.2, 0.25) is 11.6 Å². The maximum absolute atomic E-state index is 13.6. The molecule has 0 amide bonds. The van der Waals surface area contributed by atoms with Gasteiger partial charge in [0.25, 0.3) is 0 Å². The van der Waals surface area contributed by atoms with E-state index >= 15 is 0 Å². The fourth-order valence-corrected chi connectivity index (χ4v) is 2.02. The Morgan fingerprint density at radius 3 is 1.78 bits per heavy atom. The first-order valence-corrected chi connectivity index (χ1v) is 7.24. The number of aromatic carboxylic acids is 1. The second-order valence-electron chi connectivity index (χ2n) is 4.96. The predicted octanol–water partition coefficient (Wildman–Crippen LogP) is 3.65. The van der Waals surface area contributed by atoms with E-state index in [0.29, 0.717) is 19.3 Å². The van der Waals surface area contributed by atoms with Crippen molar-refractivity contribution in [2.24, 2.45) is 0 Å². The van der Waals surface area contributed by atoms with Gasteiger partial charge in [0.1, 0.15) is 5.56 Å². The summed E-state index contributed by atoms with van der Waals surface area (Å²) in [5.74, 6) is -11.0. The van der Waals surface area contributed by atoms with Crippen LogP contribution in [-0.4, -0.2) is 29.4 Å². The number of carboxylic acids is 1. The summed E-state index contributed by atoms with van der Waals surface area (Å²) in [5.41, 5.74) is -1.68. The third-order valence-electron chi connectivity index (χ3n) is 3.24. The molecule has 1 rings (SSSR count). The lowest BCUT2D eigenvalue weighted by molar-refractivity contribution is 0.0682. The number of rotatable bonds is 10. The zero-order valence-corrected chi connectivity index (χ0v) is 12.4. The van der Waals surface area contributed by atoms with Crippen molar-refractivity contribution in [1.29, 1.82) is 0 Å². The first-order chi connectivity index (χ1) is 10.9. The summed E-state index contributed by atoms with van der Waals surface area (Å²) in [6, 6.07) is 0. The van der Waals surface area contributed by atoms with E-state index in [1.807, 2.05) is 0 Å². The Balaban J connectivity index is 2.60. The van der Waals surface area contributed by atoms with Gasteiger partial charge in [0.15, 0.2) is 17.4 Å². The molecule has 0 saturated carbocycles. The third-order valence-corrected chi connectivity index (χ3v) is 3.24. The molecule has 0 aliphatic carbocycles. The highest BCUT2D eigenvalue weighted by Gasteiger charge is 2.30. The number of halogens is 4. The van der Waals surface area contributed by atoms with Gasteiger partial charge >= 0.3 is 5.97 Å². The van der Waals surface area contributed by atoms with E-state index in [0.717, 1.165) is 19.3 Å². The molecule has 1 aromatic rings. The Morgan fingerprint density at radius 1 is 0.826 bits per heavy atom. The summed E-state index contributed by atoms with van der Waals surface area (Å²) in [4.78, 5) is 10.6. The second kappa shape index (κ2) is 9.34. The number of carboxylic acid groups (broad SMARTS) is 1. The first kappa shape index (κ1) is 19.2. The van der Waals surface area contributed by atoms with Gasteiger partial charge in [0, 0.05) is 6.61 Å². The van der Waals surface area contributed by atoms with Gasteiger partial charge in [-0.15, -0.1) is 0 Å². The lowest BCUT2D eigenvalue weighted by Gasteiger charge is -2.11. The zero-order valence-electron chi connectivity index (χ0n) is 12.4. The summed E-state index contributed by atoms with van der Waals surface area (Å²) in [7, 11) is 0. The van der Waals surface area contributed by atoms with Crippen LogP contribution in [-0.2, 0) is 0 Å². The van der Waals surface area contributed by atoms with E-state index in [-0.39, 0.29) is 13.2 Å². The molecule has 0 aromatic heterocycles. The van der Waals surface area contributed by atoms with Crippen molar-refractivity contribution in [3.05, 3.63) is 28.8 Å². The van der Waals surface area contributed by atoms with Crippen molar-refractivity contribution >= 4 is 5.97 Å². The Hall–Kier alpha value is -1.83. The SMILES string of the molecule is O=C(O)c1c(F)c(F)c(OCCCCCCCCO)c(F)c1F. The highest BCUT2D eigenvalue weighted by atomic mass is 19.2. The molecule has 0 atom stereocenters. The molecule has 1 aromatic carbocycles. The molecular weight excluding hydrogens is 320 g/mol. The van der Waals surface area contributed by atoms with E-state index in [1.165, 1.54) is 0 Å². The molecule has 4 nitrogen and oxygen atoms in total. The van der Waals surface area contributed by atoms with E-state index in [9.17, 15) is 22.4 Å². The molecule has 0 radical (unpaired) electrons. The summed E-state index contributed by atoms with van der Waals surface area (Å²) < 4.78 is 58.8. The van der Waals surface area contributed by atoms with E-state index in [1.54, 1.807) is 0 Å². The third kappa shape index (κ3) is 5.09. The summed E-state index contributed by atoms with van der Waals surface area (Å²) in [6.45, 7) is -0.0235. The van der Waals surface area contributed by atoms with E-state index < -0.39 is 40.6 Å². The molecule has 0 heterocycles. The molecule has 0 spiro atoms. The molecule has 2 N–H and O–H groups in total. The van der Waals surface area contributed by atoms with Crippen LogP contribution in [0.3, 0.4) is 0 Å². The number of ether oxygens (including phenoxy) is 1. The Morgan fingerprint density at radius 2 is 1.30 bits per heavy atom. The highest BCUT2D eigenvalue weighted by Crippen LogP contribution is 2.30. The molecule has 0 saturated heterocycles. The standard InChI is InChI=1S/C15H18F4O4/c16-10-9(15(21)22)11(17)13(19)14(12(10)18)23-8-6-4-2-1-3-5-7-20/h20H,1-8H2,(H,21,22). The first-order valence-electron chi connectivity index (χ1n) is 7.24. The summed E-state index contributed by atoms with van der Waals surface area (Å²) >= 11 is 0. The Kier molecular flexibility index (Phi) is 7.80. The Labute approximate surface area is 130 Å². The average molecular weight is 338 g/mol. The van der Waals surface area contributed by atoms with Crippen molar-refractivity contribution in [3.8, 4) is 5.75 Å². The fraction of sp³-hybridized carbons (Fsp3) is 0.533. The van der Waals surface area contributed by atoms with Crippen molar-refractivity contribution < 1.29 is 37.3 Å². The second-order valence-corrected chi connectivity index (χ2v) is 4.96. The van der Waals surface area contributed by atoms with Crippen molar-refractivity contribution in [2.45, 2.75) is 38.5 Å². The van der Waals surface area contributed by atoms with Gasteiger partial charge in [-0.1, -0.05) is 25.7 Å². The summed E-state index contributed by atoms with van der Waals surface area (Å²) in [5, 5.41) is 17.1. The van der Waals surface area contributed by atoms with Crippen molar-refractivity contribution in [1.82, 2.24) is 0 Å². The van der Waals surface area contributed by atoms with Gasteiger partial charge in [-0.3, -0.25) is 0 Å². The Bertz CT molecular complexity index is 520. The van der Waals surface area contributed by atoms with Crippen LogP contribution in [0.15, 0.2) is 0 Å². The van der Waals surface area contributed by atoms with Gasteiger partial charge in [0.05, 0.1) is 6.61 Å². The molecule has 0 fully saturated rings. The van der Waals surface area contributed by atoms with Crippen LogP contribution in [0.5, 0.6) is 5.75 Å². The van der Waals surface area contributed by atoms with E-state index in [4.69, 9.17) is 14.9 Å². The van der Waals surface area contributed by atoms with Crippen molar-refractivity contribution in [2.75, 3.05) is 13.2 Å². The number of unbranched alkanes of at least 4 members (excludes halogenated alkanes) is 5. The van der Waals surface area contributed by atoms with Gasteiger partial charge in [-0.05, 0) is 12.8 Å². The molecular formula is C15H18F4O4. The molecule has 0 aliphatic heterocycles. The number of aliphatic hydroxyl groups excluding tert-OH is 1. The number of hydrogen-bond acceptors (Lipinski definition) is 3. The van der Waals surface area contributed by atoms with Crippen LogP contribution in [0.2, 0.25) is 0 Å². The molecule has 0 bridgehead atoms. The maximum Gasteiger partial charge on any atom is 0.341 e. The zero-order chi connectivity index (χ0) is 17.4. The van der Waals surface area contributed by atoms with Crippen LogP contribution < -0.4 is 4.74 Å². The fourth-order valence-electron chi connectivity index (χ4n) is 2.02. The topological polar surface area (TPSA) is 66.8 Å². The van der Waals surface area contributed by atoms with E-state index in [2.05, 4.69) is 0 Å². The lowest BCUT2D eigenvalue weighted by Crippen LogP contribution is -2.12. The minimum atomic E-state index is -2.10. The van der Waals surface area contributed by atoms with Crippen LogP contribution >= 0.6 is 0 Å². The average Bonchev–Trinajstić information content (AvgIpc) is 2.50. The largest absolute Gasteiger partial charge is 0.487 e.